The first-order valence-electron chi connectivity index (χ1n) is 6.23. The van der Waals surface area contributed by atoms with Gasteiger partial charge in [0.15, 0.2) is 5.58 Å². The summed E-state index contributed by atoms with van der Waals surface area (Å²) >= 11 is 0. The standard InChI is InChI=1S/C16H13NO3/c1-10-3-8-14-13(9-10)17-15(20-14)11-4-6-12(7-5-11)16(18)19-2/h3-9H,1-2H3. The van der Waals surface area contributed by atoms with E-state index in [0.717, 1.165) is 22.2 Å². The molecule has 0 atom stereocenters. The van der Waals surface area contributed by atoms with Crippen LogP contribution in [0, 0.1) is 6.92 Å². The second-order valence-electron chi connectivity index (χ2n) is 4.56. The maximum atomic E-state index is 11.4. The number of ether oxygens (including phenoxy) is 1. The third kappa shape index (κ3) is 2.16. The number of esters is 1. The zero-order chi connectivity index (χ0) is 14.1. The lowest BCUT2D eigenvalue weighted by atomic mass is 10.1. The van der Waals surface area contributed by atoms with Crippen LogP contribution in [0.5, 0.6) is 0 Å². The second kappa shape index (κ2) is 4.81. The van der Waals surface area contributed by atoms with E-state index in [1.54, 1.807) is 24.3 Å². The zero-order valence-electron chi connectivity index (χ0n) is 11.2. The fourth-order valence-corrected chi connectivity index (χ4v) is 2.03. The molecule has 1 heterocycles. The first-order chi connectivity index (χ1) is 9.67. The highest BCUT2D eigenvalue weighted by atomic mass is 16.5. The van der Waals surface area contributed by atoms with Gasteiger partial charge in [0.2, 0.25) is 5.89 Å². The van der Waals surface area contributed by atoms with Crippen LogP contribution in [0.3, 0.4) is 0 Å². The van der Waals surface area contributed by atoms with Crippen LogP contribution in [-0.4, -0.2) is 18.1 Å². The number of aromatic nitrogens is 1. The molecule has 100 valence electrons. The predicted octanol–water partition coefficient (Wildman–Crippen LogP) is 3.59. The van der Waals surface area contributed by atoms with Gasteiger partial charge < -0.3 is 9.15 Å². The lowest BCUT2D eigenvalue weighted by molar-refractivity contribution is 0.0601. The minimum absolute atomic E-state index is 0.357. The number of aryl methyl sites for hydroxylation is 1. The van der Waals surface area contributed by atoms with Crippen molar-refractivity contribution in [3.8, 4) is 11.5 Å². The summed E-state index contributed by atoms with van der Waals surface area (Å²) in [7, 11) is 1.36. The smallest absolute Gasteiger partial charge is 0.337 e. The number of oxazole rings is 1. The van der Waals surface area contributed by atoms with Crippen molar-refractivity contribution in [3.05, 3.63) is 53.6 Å². The summed E-state index contributed by atoms with van der Waals surface area (Å²) in [5, 5.41) is 0. The molecule has 4 nitrogen and oxygen atoms in total. The van der Waals surface area contributed by atoms with E-state index in [2.05, 4.69) is 9.72 Å². The second-order valence-corrected chi connectivity index (χ2v) is 4.56. The number of methoxy groups -OCH3 is 1. The molecular weight excluding hydrogens is 254 g/mol. The molecule has 0 aliphatic carbocycles. The molecule has 0 aliphatic heterocycles. The number of benzene rings is 2. The molecule has 2 aromatic carbocycles. The van der Waals surface area contributed by atoms with Gasteiger partial charge in [-0.2, -0.15) is 0 Å². The Morgan fingerprint density at radius 1 is 1.15 bits per heavy atom. The van der Waals surface area contributed by atoms with Gasteiger partial charge in [0.25, 0.3) is 0 Å². The molecule has 0 amide bonds. The number of carbonyl (C=O) groups is 1. The Kier molecular flexibility index (Phi) is 2.99. The van der Waals surface area contributed by atoms with Crippen LogP contribution in [0.15, 0.2) is 46.9 Å². The van der Waals surface area contributed by atoms with Gasteiger partial charge in [0, 0.05) is 5.56 Å². The van der Waals surface area contributed by atoms with Crippen molar-refractivity contribution in [2.75, 3.05) is 7.11 Å². The van der Waals surface area contributed by atoms with Gasteiger partial charge in [-0.15, -0.1) is 0 Å². The van der Waals surface area contributed by atoms with Crippen molar-refractivity contribution >= 4 is 17.1 Å². The van der Waals surface area contributed by atoms with Crippen LogP contribution < -0.4 is 0 Å². The molecule has 0 saturated heterocycles. The summed E-state index contributed by atoms with van der Waals surface area (Å²) < 4.78 is 10.4. The summed E-state index contributed by atoms with van der Waals surface area (Å²) in [5.74, 6) is 0.187. The Bertz CT molecular complexity index is 772. The van der Waals surface area contributed by atoms with E-state index in [-0.39, 0.29) is 5.97 Å². The highest BCUT2D eigenvalue weighted by Gasteiger charge is 2.10. The molecule has 3 rings (SSSR count). The third-order valence-electron chi connectivity index (χ3n) is 3.10. The molecule has 4 heteroatoms. The van der Waals surface area contributed by atoms with Crippen molar-refractivity contribution in [2.45, 2.75) is 6.92 Å². The predicted molar refractivity (Wildman–Crippen MR) is 75.5 cm³/mol. The number of carbonyl (C=O) groups excluding carboxylic acids is 1. The molecule has 1 aromatic heterocycles. The highest BCUT2D eigenvalue weighted by Crippen LogP contribution is 2.25. The summed E-state index contributed by atoms with van der Waals surface area (Å²) in [4.78, 5) is 15.8. The van der Waals surface area contributed by atoms with Gasteiger partial charge in [-0.05, 0) is 48.9 Å². The van der Waals surface area contributed by atoms with Crippen molar-refractivity contribution < 1.29 is 13.9 Å². The van der Waals surface area contributed by atoms with E-state index in [0.29, 0.717) is 11.5 Å². The normalized spacial score (nSPS) is 10.7. The Balaban J connectivity index is 2.00. The molecule has 0 bridgehead atoms. The van der Waals surface area contributed by atoms with Crippen LogP contribution in [0.2, 0.25) is 0 Å². The van der Waals surface area contributed by atoms with E-state index in [9.17, 15) is 4.79 Å². The Morgan fingerprint density at radius 3 is 2.60 bits per heavy atom. The summed E-state index contributed by atoms with van der Waals surface area (Å²) in [6.45, 7) is 2.01. The quantitative estimate of drug-likeness (QED) is 0.666. The number of hydrogen-bond acceptors (Lipinski definition) is 4. The topological polar surface area (TPSA) is 52.3 Å². The first kappa shape index (κ1) is 12.4. The molecule has 3 aromatic rings. The summed E-state index contributed by atoms with van der Waals surface area (Å²) in [6, 6.07) is 12.9. The minimum atomic E-state index is -0.357. The van der Waals surface area contributed by atoms with Crippen LogP contribution in [0.25, 0.3) is 22.6 Å². The molecule has 0 N–H and O–H groups in total. The maximum absolute atomic E-state index is 11.4. The fourth-order valence-electron chi connectivity index (χ4n) is 2.03. The van der Waals surface area contributed by atoms with E-state index in [4.69, 9.17) is 4.42 Å². The van der Waals surface area contributed by atoms with E-state index >= 15 is 0 Å². The first-order valence-corrected chi connectivity index (χ1v) is 6.23. The molecule has 0 unspecified atom stereocenters. The number of rotatable bonds is 2. The van der Waals surface area contributed by atoms with Gasteiger partial charge >= 0.3 is 5.97 Å². The Morgan fingerprint density at radius 2 is 1.90 bits per heavy atom. The molecule has 0 saturated carbocycles. The highest BCUT2D eigenvalue weighted by molar-refractivity contribution is 5.89. The number of fused-ring (bicyclic) bond motifs is 1. The average molecular weight is 267 g/mol. The minimum Gasteiger partial charge on any atom is -0.465 e. The Hall–Kier alpha value is -2.62. The molecular formula is C16H13NO3. The van der Waals surface area contributed by atoms with Gasteiger partial charge in [-0.25, -0.2) is 9.78 Å². The van der Waals surface area contributed by atoms with Crippen LogP contribution in [0.1, 0.15) is 15.9 Å². The lowest BCUT2D eigenvalue weighted by Gasteiger charge is -1.99. The van der Waals surface area contributed by atoms with E-state index < -0.39 is 0 Å². The lowest BCUT2D eigenvalue weighted by Crippen LogP contribution is -2.00. The zero-order valence-corrected chi connectivity index (χ0v) is 11.2. The maximum Gasteiger partial charge on any atom is 0.337 e. The van der Waals surface area contributed by atoms with Crippen molar-refractivity contribution in [2.24, 2.45) is 0 Å². The molecule has 0 radical (unpaired) electrons. The Labute approximate surface area is 116 Å². The van der Waals surface area contributed by atoms with Crippen LogP contribution in [-0.2, 0) is 4.74 Å². The SMILES string of the molecule is COC(=O)c1ccc(-c2nc3cc(C)ccc3o2)cc1. The van der Waals surface area contributed by atoms with Gasteiger partial charge in [0.1, 0.15) is 5.52 Å². The third-order valence-corrected chi connectivity index (χ3v) is 3.10. The van der Waals surface area contributed by atoms with E-state index in [1.807, 2.05) is 25.1 Å². The summed E-state index contributed by atoms with van der Waals surface area (Å²) in [6.07, 6.45) is 0. The number of nitrogens with zero attached hydrogens (tertiary/aromatic N) is 1. The summed E-state index contributed by atoms with van der Waals surface area (Å²) in [5.41, 5.74) is 4.05. The van der Waals surface area contributed by atoms with Gasteiger partial charge in [0.05, 0.1) is 12.7 Å². The van der Waals surface area contributed by atoms with Crippen molar-refractivity contribution in [3.63, 3.8) is 0 Å². The van der Waals surface area contributed by atoms with Crippen LogP contribution >= 0.6 is 0 Å². The molecule has 0 spiro atoms. The fraction of sp³-hybridized carbons (Fsp3) is 0.125. The average Bonchev–Trinajstić information content (AvgIpc) is 2.89. The van der Waals surface area contributed by atoms with Gasteiger partial charge in [-0.1, -0.05) is 6.07 Å². The van der Waals surface area contributed by atoms with Crippen molar-refractivity contribution in [1.29, 1.82) is 0 Å². The monoisotopic (exact) mass is 267 g/mol. The van der Waals surface area contributed by atoms with Crippen LogP contribution in [0.4, 0.5) is 0 Å². The van der Waals surface area contributed by atoms with E-state index in [1.165, 1.54) is 7.11 Å². The molecule has 0 fully saturated rings. The number of hydrogen-bond donors (Lipinski definition) is 0. The van der Waals surface area contributed by atoms with Crippen molar-refractivity contribution in [1.82, 2.24) is 4.98 Å². The largest absolute Gasteiger partial charge is 0.465 e. The van der Waals surface area contributed by atoms with Gasteiger partial charge in [-0.3, -0.25) is 0 Å². The molecule has 0 aliphatic rings. The molecule has 20 heavy (non-hydrogen) atoms.